The van der Waals surface area contributed by atoms with E-state index in [9.17, 15) is 8.42 Å². The van der Waals surface area contributed by atoms with Gasteiger partial charge in [0, 0.05) is 32.2 Å². The van der Waals surface area contributed by atoms with Gasteiger partial charge in [-0.2, -0.15) is 8.42 Å². The van der Waals surface area contributed by atoms with Crippen molar-refractivity contribution in [1.82, 2.24) is 10.5 Å². The number of hydrogen-bond acceptors (Lipinski definition) is 8. The molecular formula is C24H18Cl2N4O5S3. The van der Waals surface area contributed by atoms with Gasteiger partial charge in [0.1, 0.15) is 9.90 Å². The fraction of sp³-hybridized carbons (Fsp3) is 0.0833. The van der Waals surface area contributed by atoms with Crippen molar-refractivity contribution < 1.29 is 23.1 Å². The van der Waals surface area contributed by atoms with Gasteiger partial charge in [-0.3, -0.25) is 5.21 Å². The second-order valence-corrected chi connectivity index (χ2v) is 12.2. The second kappa shape index (κ2) is 11.0. The largest absolute Gasteiger partial charge is 0.454 e. The van der Waals surface area contributed by atoms with Gasteiger partial charge in [0.25, 0.3) is 10.0 Å². The molecule has 0 fully saturated rings. The number of fused-ring (bicyclic) bond motifs is 1. The van der Waals surface area contributed by atoms with Crippen molar-refractivity contribution in [3.63, 3.8) is 0 Å². The highest BCUT2D eigenvalue weighted by atomic mass is 35.5. The highest BCUT2D eigenvalue weighted by Crippen LogP contribution is 2.41. The third kappa shape index (κ3) is 5.70. The number of nitrogens with zero attached hydrogens (tertiary/aromatic N) is 2. The number of sulfonamides is 1. The Hall–Kier alpha value is -3.00. The molecule has 1 aliphatic rings. The number of halogens is 2. The zero-order valence-electron chi connectivity index (χ0n) is 19.2. The van der Waals surface area contributed by atoms with Crippen LogP contribution in [0.2, 0.25) is 10.0 Å². The smallest absolute Gasteiger partial charge is 0.286 e. The lowest BCUT2D eigenvalue weighted by Crippen LogP contribution is -2.29. The Balaban J connectivity index is 1.52. The van der Waals surface area contributed by atoms with E-state index in [2.05, 4.69) is 9.38 Å². The summed E-state index contributed by atoms with van der Waals surface area (Å²) in [6, 6.07) is 15.7. The average molecular weight is 610 g/mol. The molecule has 0 aliphatic carbocycles. The quantitative estimate of drug-likeness (QED) is 0.103. The summed E-state index contributed by atoms with van der Waals surface area (Å²) in [4.78, 5) is 4.86. The van der Waals surface area contributed by atoms with Crippen LogP contribution in [-0.2, 0) is 15.8 Å². The maximum atomic E-state index is 13.2. The van der Waals surface area contributed by atoms with Crippen molar-refractivity contribution >= 4 is 62.3 Å². The minimum Gasteiger partial charge on any atom is -0.454 e. The highest BCUT2D eigenvalue weighted by molar-refractivity contribution is 7.99. The van der Waals surface area contributed by atoms with Crippen molar-refractivity contribution in [2.45, 2.75) is 15.5 Å². The second-order valence-electron chi connectivity index (χ2n) is 7.86. The summed E-state index contributed by atoms with van der Waals surface area (Å²) in [6.45, 7) is 0.153. The van der Waals surface area contributed by atoms with E-state index in [4.69, 9.17) is 43.6 Å². The molecule has 0 saturated heterocycles. The zero-order valence-corrected chi connectivity index (χ0v) is 23.2. The summed E-state index contributed by atoms with van der Waals surface area (Å²) >= 11 is 15.2. The van der Waals surface area contributed by atoms with Crippen LogP contribution >= 0.6 is 46.3 Å². The number of hydroxylamine groups is 1. The first-order valence-electron chi connectivity index (χ1n) is 10.8. The van der Waals surface area contributed by atoms with Crippen LogP contribution in [0.3, 0.4) is 0 Å². The maximum absolute atomic E-state index is 13.2. The van der Waals surface area contributed by atoms with Gasteiger partial charge in [-0.15, -0.1) is 27.5 Å². The minimum atomic E-state index is -4.34. The third-order valence-corrected chi connectivity index (χ3v) is 9.38. The van der Waals surface area contributed by atoms with Crippen LogP contribution in [0, 0.1) is 0 Å². The fourth-order valence-corrected chi connectivity index (χ4v) is 7.29. The van der Waals surface area contributed by atoms with Crippen LogP contribution in [0.15, 0.2) is 74.2 Å². The van der Waals surface area contributed by atoms with Gasteiger partial charge in [0.05, 0.1) is 10.7 Å². The molecule has 0 atom stereocenters. The van der Waals surface area contributed by atoms with Crippen LogP contribution in [-0.4, -0.2) is 31.4 Å². The van der Waals surface area contributed by atoms with Gasteiger partial charge in [-0.05, 0) is 42.0 Å². The van der Waals surface area contributed by atoms with Crippen molar-refractivity contribution in [3.05, 3.63) is 75.6 Å². The van der Waals surface area contributed by atoms with Gasteiger partial charge in [-0.25, -0.2) is 10.5 Å². The van der Waals surface area contributed by atoms with Crippen LogP contribution in [0.25, 0.3) is 21.8 Å². The van der Waals surface area contributed by atoms with Crippen LogP contribution in [0.1, 0.15) is 5.56 Å². The maximum Gasteiger partial charge on any atom is 0.286 e. The van der Waals surface area contributed by atoms with Crippen LogP contribution < -0.4 is 20.7 Å². The van der Waals surface area contributed by atoms with E-state index in [-0.39, 0.29) is 11.7 Å². The zero-order chi connectivity index (χ0) is 26.9. The molecule has 0 amide bonds. The molecule has 0 unspecified atom stereocenters. The molecule has 0 bridgehead atoms. The predicted octanol–water partition coefficient (Wildman–Crippen LogP) is 5.79. The topological polar surface area (TPSA) is 136 Å². The lowest BCUT2D eigenvalue weighted by Gasteiger charge is -2.12. The monoisotopic (exact) mass is 608 g/mol. The number of thioether (sulfide) groups is 1. The number of thiazole rings is 1. The van der Waals surface area contributed by atoms with Crippen molar-refractivity contribution in [2.24, 2.45) is 10.1 Å². The van der Waals surface area contributed by atoms with Gasteiger partial charge in [0.15, 0.2) is 11.5 Å². The van der Waals surface area contributed by atoms with Gasteiger partial charge in [-0.1, -0.05) is 41.4 Å². The first kappa shape index (κ1) is 26.6. The molecule has 4 aromatic rings. The van der Waals surface area contributed by atoms with E-state index >= 15 is 0 Å². The first-order valence-corrected chi connectivity index (χ1v) is 14.9. The molecule has 14 heteroatoms. The molecular weight excluding hydrogens is 591 g/mol. The molecule has 5 rings (SSSR count). The summed E-state index contributed by atoms with van der Waals surface area (Å²) < 4.78 is 40.6. The lowest BCUT2D eigenvalue weighted by atomic mass is 10.2. The van der Waals surface area contributed by atoms with E-state index in [1.165, 1.54) is 29.2 Å². The Labute approximate surface area is 236 Å². The summed E-state index contributed by atoms with van der Waals surface area (Å²) in [5.74, 6) is 1.00. The molecule has 38 heavy (non-hydrogen) atoms. The van der Waals surface area contributed by atoms with Gasteiger partial charge >= 0.3 is 0 Å². The molecule has 3 aromatic carbocycles. The van der Waals surface area contributed by atoms with E-state index < -0.39 is 16.0 Å². The number of ether oxygens (including phenoxy) is 2. The molecule has 0 spiro atoms. The highest BCUT2D eigenvalue weighted by Gasteiger charge is 2.24. The van der Waals surface area contributed by atoms with Crippen molar-refractivity contribution in [3.8, 4) is 33.3 Å². The number of nitrogens with two attached hydrogens (primary N) is 1. The standard InChI is InChI=1S/C24H18Cl2N4O5S3/c25-15-4-2-14(3-5-15)18-11-37-23(28-18)16-8-22(38(32,33)30-24(27)29-31)21(9-17(16)26)36-10-13-1-6-19-20(7-13)35-12-34-19/h1-9,11,31H,10,12H2,(H3,27,29,30). The number of aromatic nitrogens is 1. The molecule has 0 radical (unpaired) electrons. The van der Waals surface area contributed by atoms with Gasteiger partial charge in [0.2, 0.25) is 12.8 Å². The minimum absolute atomic E-state index is 0.135. The number of guanidine groups is 1. The summed E-state index contributed by atoms with van der Waals surface area (Å²) in [7, 11) is -4.34. The van der Waals surface area contributed by atoms with Crippen LogP contribution in [0.4, 0.5) is 0 Å². The Morgan fingerprint density at radius 3 is 2.66 bits per heavy atom. The normalized spacial score (nSPS) is 13.1. The van der Waals surface area contributed by atoms with Crippen molar-refractivity contribution in [2.75, 3.05) is 6.79 Å². The third-order valence-electron chi connectivity index (χ3n) is 5.35. The molecule has 2 heterocycles. The lowest BCUT2D eigenvalue weighted by molar-refractivity contribution is 0.174. The SMILES string of the molecule is N/C(=N\S(=O)(=O)c1cc(-c2nc(-c3ccc(Cl)cc3)cs2)c(Cl)cc1SCc1ccc2c(c1)OCO2)NO. The Kier molecular flexibility index (Phi) is 7.70. The summed E-state index contributed by atoms with van der Waals surface area (Å²) in [6.07, 6.45) is 0. The van der Waals surface area contributed by atoms with E-state index in [0.29, 0.717) is 48.5 Å². The Morgan fingerprint density at radius 1 is 1.13 bits per heavy atom. The van der Waals surface area contributed by atoms with Crippen molar-refractivity contribution in [1.29, 1.82) is 0 Å². The predicted molar refractivity (Wildman–Crippen MR) is 149 cm³/mol. The fourth-order valence-electron chi connectivity index (χ4n) is 3.55. The number of benzene rings is 3. The Bertz CT molecular complexity index is 1640. The molecule has 196 valence electrons. The number of hydrogen-bond donors (Lipinski definition) is 3. The van der Waals surface area contributed by atoms with Crippen LogP contribution in [0.5, 0.6) is 11.5 Å². The summed E-state index contributed by atoms with van der Waals surface area (Å²) in [5, 5.41) is 12.3. The molecule has 4 N–H and O–H groups in total. The van der Waals surface area contributed by atoms with E-state index in [0.717, 1.165) is 11.1 Å². The van der Waals surface area contributed by atoms with E-state index in [1.807, 2.05) is 29.6 Å². The molecule has 1 aromatic heterocycles. The van der Waals surface area contributed by atoms with Gasteiger partial charge < -0.3 is 15.2 Å². The number of rotatable bonds is 7. The van der Waals surface area contributed by atoms with E-state index in [1.54, 1.807) is 29.7 Å². The Morgan fingerprint density at radius 2 is 1.89 bits per heavy atom. The molecule has 1 aliphatic heterocycles. The summed E-state index contributed by atoms with van der Waals surface area (Å²) in [5.41, 5.74) is 9.83. The first-order chi connectivity index (χ1) is 18.2. The number of nitrogens with one attached hydrogen (secondary N) is 1. The average Bonchev–Trinajstić information content (AvgIpc) is 3.57. The molecule has 0 saturated carbocycles. The molecule has 9 nitrogen and oxygen atoms in total.